The molecule has 0 spiro atoms. The van der Waals surface area contributed by atoms with Crippen LogP contribution in [0.3, 0.4) is 0 Å². The summed E-state index contributed by atoms with van der Waals surface area (Å²) in [7, 11) is 0.898. The average Bonchev–Trinajstić information content (AvgIpc) is 2.17. The summed E-state index contributed by atoms with van der Waals surface area (Å²) >= 11 is 0. The lowest BCUT2D eigenvalue weighted by atomic mass is 10.2. The minimum absolute atomic E-state index is 0.819. The standard InChI is InChI=1S/C6H13NOSi/c1-3-8-7-4-6(2)5-9-7/h6H,3-5H2,1-2H3. The molecule has 0 aliphatic carbocycles. The van der Waals surface area contributed by atoms with Gasteiger partial charge in [0.25, 0.3) is 0 Å². The minimum atomic E-state index is 0.819. The zero-order valence-corrected chi connectivity index (χ0v) is 7.05. The van der Waals surface area contributed by atoms with E-state index >= 15 is 0 Å². The van der Waals surface area contributed by atoms with Crippen molar-refractivity contribution in [2.75, 3.05) is 13.2 Å². The molecule has 1 aliphatic heterocycles. The maximum atomic E-state index is 5.32. The Morgan fingerprint density at radius 1 is 1.78 bits per heavy atom. The van der Waals surface area contributed by atoms with Crippen LogP contribution >= 0.6 is 0 Å². The lowest BCUT2D eigenvalue weighted by molar-refractivity contribution is -0.0788. The molecule has 1 fully saturated rings. The predicted molar refractivity (Wildman–Crippen MR) is 38.1 cm³/mol. The monoisotopic (exact) mass is 143 g/mol. The highest BCUT2D eigenvalue weighted by Gasteiger charge is 2.19. The van der Waals surface area contributed by atoms with Crippen LogP contribution in [0, 0.1) is 5.92 Å². The Morgan fingerprint density at radius 2 is 2.56 bits per heavy atom. The van der Waals surface area contributed by atoms with E-state index in [0.717, 1.165) is 28.8 Å². The number of hydrogen-bond donors (Lipinski definition) is 0. The molecule has 0 amide bonds. The predicted octanol–water partition coefficient (Wildman–Crippen LogP) is 0.927. The van der Waals surface area contributed by atoms with Crippen LogP contribution in [0.4, 0.5) is 0 Å². The summed E-state index contributed by atoms with van der Waals surface area (Å²) in [5.41, 5.74) is 0. The molecule has 3 heteroatoms. The quantitative estimate of drug-likeness (QED) is 0.533. The highest BCUT2D eigenvalue weighted by Crippen LogP contribution is 2.13. The molecule has 2 nitrogen and oxygen atoms in total. The average molecular weight is 143 g/mol. The molecule has 0 saturated carbocycles. The van der Waals surface area contributed by atoms with E-state index in [1.54, 1.807) is 0 Å². The van der Waals surface area contributed by atoms with Crippen LogP contribution in [-0.2, 0) is 4.84 Å². The first-order chi connectivity index (χ1) is 4.33. The Kier molecular flexibility index (Phi) is 2.69. The van der Waals surface area contributed by atoms with Gasteiger partial charge in [-0.1, -0.05) is 6.92 Å². The molecular weight excluding hydrogens is 130 g/mol. The third kappa shape index (κ3) is 2.08. The third-order valence-corrected chi connectivity index (χ3v) is 2.92. The Bertz CT molecular complexity index is 87.1. The van der Waals surface area contributed by atoms with Gasteiger partial charge in [0, 0.05) is 6.54 Å². The zero-order valence-electron chi connectivity index (χ0n) is 6.05. The number of hydrogen-bond acceptors (Lipinski definition) is 2. The van der Waals surface area contributed by atoms with Crippen LogP contribution < -0.4 is 0 Å². The van der Waals surface area contributed by atoms with Gasteiger partial charge in [-0.3, -0.25) is 0 Å². The molecule has 1 aliphatic rings. The van der Waals surface area contributed by atoms with E-state index in [0.29, 0.717) is 0 Å². The SMILES string of the molecule is CCON1CC(C)C[Si]1. The molecule has 1 saturated heterocycles. The minimum Gasteiger partial charge on any atom is -0.307 e. The van der Waals surface area contributed by atoms with Gasteiger partial charge in [0.2, 0.25) is 0 Å². The second kappa shape index (κ2) is 3.34. The second-order valence-electron chi connectivity index (χ2n) is 2.45. The zero-order chi connectivity index (χ0) is 6.69. The Balaban J connectivity index is 2.14. The highest BCUT2D eigenvalue weighted by molar-refractivity contribution is 6.32. The van der Waals surface area contributed by atoms with Crippen LogP contribution in [-0.4, -0.2) is 27.6 Å². The van der Waals surface area contributed by atoms with Gasteiger partial charge < -0.3 is 4.84 Å². The van der Waals surface area contributed by atoms with Crippen molar-refractivity contribution in [3.05, 3.63) is 0 Å². The fourth-order valence-electron chi connectivity index (χ4n) is 0.924. The molecule has 2 radical (unpaired) electrons. The van der Waals surface area contributed by atoms with E-state index in [1.165, 1.54) is 6.04 Å². The van der Waals surface area contributed by atoms with Gasteiger partial charge in [-0.15, -0.1) is 0 Å². The summed E-state index contributed by atoms with van der Waals surface area (Å²) in [5.74, 6) is 0.842. The van der Waals surface area contributed by atoms with Crippen molar-refractivity contribution in [2.45, 2.75) is 19.9 Å². The lowest BCUT2D eigenvalue weighted by Crippen LogP contribution is -2.22. The van der Waals surface area contributed by atoms with Crippen molar-refractivity contribution in [3.63, 3.8) is 0 Å². The largest absolute Gasteiger partial charge is 0.307 e. The molecular formula is C6H13NOSi. The molecule has 1 unspecified atom stereocenters. The van der Waals surface area contributed by atoms with Crippen LogP contribution in [0.1, 0.15) is 13.8 Å². The summed E-state index contributed by atoms with van der Waals surface area (Å²) < 4.78 is 2.09. The lowest BCUT2D eigenvalue weighted by Gasteiger charge is -2.12. The van der Waals surface area contributed by atoms with Crippen molar-refractivity contribution in [1.82, 2.24) is 4.73 Å². The molecule has 0 aromatic carbocycles. The van der Waals surface area contributed by atoms with Crippen LogP contribution in [0.25, 0.3) is 0 Å². The molecule has 0 N–H and O–H groups in total. The molecule has 1 heterocycles. The molecule has 1 atom stereocenters. The summed E-state index contributed by atoms with van der Waals surface area (Å²) in [6, 6.07) is 1.32. The van der Waals surface area contributed by atoms with Crippen molar-refractivity contribution < 1.29 is 4.84 Å². The fourth-order valence-corrected chi connectivity index (χ4v) is 2.23. The van der Waals surface area contributed by atoms with E-state index in [9.17, 15) is 0 Å². The molecule has 0 bridgehead atoms. The van der Waals surface area contributed by atoms with Gasteiger partial charge in [-0.25, -0.2) is 4.73 Å². The Labute approximate surface area is 59.0 Å². The van der Waals surface area contributed by atoms with Crippen molar-refractivity contribution >= 4 is 9.68 Å². The first kappa shape index (κ1) is 7.25. The second-order valence-corrected chi connectivity index (χ2v) is 3.67. The van der Waals surface area contributed by atoms with Gasteiger partial charge >= 0.3 is 0 Å². The smallest absolute Gasteiger partial charge is 0.179 e. The summed E-state index contributed by atoms with van der Waals surface area (Å²) in [6.07, 6.45) is 0. The molecule has 0 aromatic rings. The maximum Gasteiger partial charge on any atom is 0.179 e. The van der Waals surface area contributed by atoms with Crippen LogP contribution in [0.2, 0.25) is 6.04 Å². The number of hydroxylamine groups is 1. The fraction of sp³-hybridized carbons (Fsp3) is 1.00. The first-order valence-electron chi connectivity index (χ1n) is 3.47. The Hall–Kier alpha value is 0.137. The third-order valence-electron chi connectivity index (χ3n) is 1.38. The van der Waals surface area contributed by atoms with Crippen LogP contribution in [0.15, 0.2) is 0 Å². The number of rotatable bonds is 2. The molecule has 52 valence electrons. The van der Waals surface area contributed by atoms with Gasteiger partial charge in [0.15, 0.2) is 9.68 Å². The molecule has 9 heavy (non-hydrogen) atoms. The van der Waals surface area contributed by atoms with Crippen molar-refractivity contribution in [1.29, 1.82) is 0 Å². The van der Waals surface area contributed by atoms with Gasteiger partial charge in [0.05, 0.1) is 6.61 Å². The summed E-state index contributed by atoms with van der Waals surface area (Å²) in [4.78, 5) is 5.32. The topological polar surface area (TPSA) is 12.5 Å². The van der Waals surface area contributed by atoms with E-state index < -0.39 is 0 Å². The van der Waals surface area contributed by atoms with Gasteiger partial charge in [-0.2, -0.15) is 0 Å². The van der Waals surface area contributed by atoms with Gasteiger partial charge in [0.1, 0.15) is 0 Å². The normalized spacial score (nSPS) is 29.3. The van der Waals surface area contributed by atoms with Crippen LogP contribution in [0.5, 0.6) is 0 Å². The molecule has 0 aromatic heterocycles. The highest BCUT2D eigenvalue weighted by atomic mass is 28.2. The van der Waals surface area contributed by atoms with E-state index in [1.807, 2.05) is 6.92 Å². The Morgan fingerprint density at radius 3 is 3.00 bits per heavy atom. The summed E-state index contributed by atoms with van der Waals surface area (Å²) in [5, 5.41) is 0. The summed E-state index contributed by atoms with van der Waals surface area (Å²) in [6.45, 7) is 6.26. The van der Waals surface area contributed by atoms with Crippen molar-refractivity contribution in [2.24, 2.45) is 5.92 Å². The molecule has 1 rings (SSSR count). The van der Waals surface area contributed by atoms with Gasteiger partial charge in [-0.05, 0) is 18.9 Å². The van der Waals surface area contributed by atoms with E-state index in [4.69, 9.17) is 4.84 Å². The first-order valence-corrected chi connectivity index (χ1v) is 4.62. The van der Waals surface area contributed by atoms with Crippen molar-refractivity contribution in [3.8, 4) is 0 Å². The number of nitrogens with zero attached hydrogens (tertiary/aromatic N) is 1. The van der Waals surface area contributed by atoms with E-state index in [2.05, 4.69) is 11.7 Å². The maximum absolute atomic E-state index is 5.32. The van der Waals surface area contributed by atoms with E-state index in [-0.39, 0.29) is 0 Å².